The van der Waals surface area contributed by atoms with Crippen molar-refractivity contribution in [2.45, 2.75) is 82.8 Å². The van der Waals surface area contributed by atoms with Crippen LogP contribution >= 0.6 is 0 Å². The minimum atomic E-state index is -3.82. The number of sulfonamides is 1. The van der Waals surface area contributed by atoms with Crippen LogP contribution in [0.1, 0.15) is 62.3 Å². The van der Waals surface area contributed by atoms with Crippen LogP contribution in [-0.2, 0) is 34.1 Å². The minimum Gasteiger partial charge on any atom is -0.481 e. The van der Waals surface area contributed by atoms with E-state index in [1.165, 1.54) is 16.9 Å². The Morgan fingerprint density at radius 1 is 1.00 bits per heavy atom. The van der Waals surface area contributed by atoms with Crippen LogP contribution in [0.25, 0.3) is 11.1 Å². The molecule has 3 aromatic carbocycles. The first-order valence-corrected chi connectivity index (χ1v) is 16.1. The number of aryl methyl sites for hydroxylation is 4. The van der Waals surface area contributed by atoms with E-state index in [-0.39, 0.29) is 23.4 Å². The molecule has 0 saturated carbocycles. The average Bonchev–Trinajstić information content (AvgIpc) is 2.95. The highest BCUT2D eigenvalue weighted by molar-refractivity contribution is 7.89. The van der Waals surface area contributed by atoms with Crippen LogP contribution in [-0.4, -0.2) is 60.7 Å². The molecule has 0 spiro atoms. The predicted molar refractivity (Wildman–Crippen MR) is 169 cm³/mol. The zero-order valence-corrected chi connectivity index (χ0v) is 26.4. The fraction of sp³-hybridized carbons (Fsp3) is 0.441. The van der Waals surface area contributed by atoms with Crippen molar-refractivity contribution in [3.05, 3.63) is 89.0 Å². The molecule has 0 fully saturated rings. The first-order valence-electron chi connectivity index (χ1n) is 14.7. The standard InChI is InChI=1S/C34H46N2O5S/c1-6-28-22-29(31-17-14-27(21-25(31)2)15-19-33(38)39)16-18-32(28)42(40,41)36(5)24-30(37)23-35-34(3,4)20-10-13-26-11-8-7-9-12-26/h7-9,11-12,14,16-18,21-22,30,35,37H,6,10,13,15,19-20,23-24H2,1-5H3,(H,38,39)/t30-/m1/s1. The molecule has 42 heavy (non-hydrogen) atoms. The van der Waals surface area contributed by atoms with Gasteiger partial charge in [0.05, 0.1) is 11.0 Å². The molecule has 8 heteroatoms. The topological polar surface area (TPSA) is 107 Å². The third-order valence-electron chi connectivity index (χ3n) is 7.75. The third-order valence-corrected chi connectivity index (χ3v) is 9.68. The molecule has 0 aliphatic rings. The summed E-state index contributed by atoms with van der Waals surface area (Å²) >= 11 is 0. The Balaban J connectivity index is 1.62. The highest BCUT2D eigenvalue weighted by Gasteiger charge is 2.27. The molecule has 0 aliphatic heterocycles. The van der Waals surface area contributed by atoms with Crippen molar-refractivity contribution >= 4 is 16.0 Å². The third kappa shape index (κ3) is 9.49. The fourth-order valence-corrected chi connectivity index (χ4v) is 6.70. The second-order valence-corrected chi connectivity index (χ2v) is 13.8. The van der Waals surface area contributed by atoms with Gasteiger partial charge in [0.2, 0.25) is 10.0 Å². The van der Waals surface area contributed by atoms with Gasteiger partial charge in [0.25, 0.3) is 0 Å². The Morgan fingerprint density at radius 2 is 1.71 bits per heavy atom. The van der Waals surface area contributed by atoms with E-state index in [0.717, 1.165) is 41.5 Å². The lowest BCUT2D eigenvalue weighted by Crippen LogP contribution is -2.46. The molecule has 7 nitrogen and oxygen atoms in total. The van der Waals surface area contributed by atoms with Gasteiger partial charge in [0.1, 0.15) is 0 Å². The van der Waals surface area contributed by atoms with Gasteiger partial charge in [-0.2, -0.15) is 4.31 Å². The van der Waals surface area contributed by atoms with Gasteiger partial charge in [0, 0.05) is 32.1 Å². The number of carboxylic acid groups (broad SMARTS) is 1. The lowest BCUT2D eigenvalue weighted by molar-refractivity contribution is -0.136. The van der Waals surface area contributed by atoms with Gasteiger partial charge in [-0.3, -0.25) is 4.79 Å². The second kappa shape index (κ2) is 14.9. The molecule has 1 atom stereocenters. The SMILES string of the molecule is CCc1cc(-c2ccc(CCC(=O)O)cc2C)ccc1S(=O)(=O)N(C)C[C@H](O)CNC(C)(C)CCCc1ccccc1. The number of nitrogens with zero attached hydrogens (tertiary/aromatic N) is 1. The number of aliphatic carboxylic acids is 1. The smallest absolute Gasteiger partial charge is 0.303 e. The van der Waals surface area contributed by atoms with E-state index in [1.807, 2.05) is 62.4 Å². The second-order valence-electron chi connectivity index (χ2n) is 11.8. The normalized spacial score (nSPS) is 12.9. The molecular weight excluding hydrogens is 548 g/mol. The highest BCUT2D eigenvalue weighted by Crippen LogP contribution is 2.30. The van der Waals surface area contributed by atoms with E-state index in [9.17, 15) is 18.3 Å². The molecule has 3 aromatic rings. The summed E-state index contributed by atoms with van der Waals surface area (Å²) in [5.41, 5.74) is 5.68. The summed E-state index contributed by atoms with van der Waals surface area (Å²) in [6, 6.07) is 21.6. The summed E-state index contributed by atoms with van der Waals surface area (Å²) in [5, 5.41) is 23.1. The summed E-state index contributed by atoms with van der Waals surface area (Å²) in [5.74, 6) is -0.826. The lowest BCUT2D eigenvalue weighted by Gasteiger charge is -2.29. The predicted octanol–water partition coefficient (Wildman–Crippen LogP) is 5.61. The van der Waals surface area contributed by atoms with E-state index in [1.54, 1.807) is 6.07 Å². The summed E-state index contributed by atoms with van der Waals surface area (Å²) in [7, 11) is -2.31. The van der Waals surface area contributed by atoms with Crippen LogP contribution in [0.5, 0.6) is 0 Å². The zero-order valence-electron chi connectivity index (χ0n) is 25.6. The number of likely N-dealkylation sites (N-methyl/N-ethyl adjacent to an activating group) is 1. The first-order chi connectivity index (χ1) is 19.8. The number of benzene rings is 3. The van der Waals surface area contributed by atoms with Gasteiger partial charge in [-0.15, -0.1) is 0 Å². The van der Waals surface area contributed by atoms with Crippen molar-refractivity contribution in [1.82, 2.24) is 9.62 Å². The molecule has 0 amide bonds. The number of carbonyl (C=O) groups is 1. The fourth-order valence-electron chi connectivity index (χ4n) is 5.22. The van der Waals surface area contributed by atoms with Gasteiger partial charge >= 0.3 is 5.97 Å². The molecule has 0 radical (unpaired) electrons. The summed E-state index contributed by atoms with van der Waals surface area (Å²) in [4.78, 5) is 11.2. The van der Waals surface area contributed by atoms with Crippen LogP contribution in [0.3, 0.4) is 0 Å². The van der Waals surface area contributed by atoms with E-state index in [0.29, 0.717) is 24.9 Å². The van der Waals surface area contributed by atoms with Crippen LogP contribution in [0.2, 0.25) is 0 Å². The van der Waals surface area contributed by atoms with Crippen molar-refractivity contribution in [2.24, 2.45) is 0 Å². The Hall–Kier alpha value is -3.04. The Labute approximate surface area is 251 Å². The van der Waals surface area contributed by atoms with E-state index in [4.69, 9.17) is 5.11 Å². The molecule has 228 valence electrons. The number of nitrogens with one attached hydrogen (secondary N) is 1. The van der Waals surface area contributed by atoms with Gasteiger partial charge in [-0.25, -0.2) is 8.42 Å². The first kappa shape index (κ1) is 33.5. The van der Waals surface area contributed by atoms with Crippen molar-refractivity contribution in [2.75, 3.05) is 20.1 Å². The van der Waals surface area contributed by atoms with Crippen molar-refractivity contribution in [3.63, 3.8) is 0 Å². The Morgan fingerprint density at radius 3 is 2.36 bits per heavy atom. The zero-order chi connectivity index (χ0) is 30.9. The Kier molecular flexibility index (Phi) is 11.9. The summed E-state index contributed by atoms with van der Waals surface area (Å²) in [6.07, 6.45) is 3.16. The molecule has 0 aliphatic carbocycles. The van der Waals surface area contributed by atoms with Crippen molar-refractivity contribution in [1.29, 1.82) is 0 Å². The number of rotatable bonds is 16. The number of carboxylic acids is 1. The van der Waals surface area contributed by atoms with Crippen LogP contribution in [0, 0.1) is 6.92 Å². The summed E-state index contributed by atoms with van der Waals surface area (Å²) in [6.45, 7) is 8.39. The number of aliphatic hydroxyl groups excluding tert-OH is 1. The molecule has 0 unspecified atom stereocenters. The quantitative estimate of drug-likeness (QED) is 0.199. The van der Waals surface area contributed by atoms with Crippen LogP contribution in [0.4, 0.5) is 0 Å². The van der Waals surface area contributed by atoms with E-state index in [2.05, 4.69) is 31.3 Å². The molecule has 3 rings (SSSR count). The lowest BCUT2D eigenvalue weighted by atomic mass is 9.95. The molecule has 3 N–H and O–H groups in total. The molecule has 0 heterocycles. The maximum Gasteiger partial charge on any atom is 0.303 e. The number of hydrogen-bond donors (Lipinski definition) is 3. The van der Waals surface area contributed by atoms with Gasteiger partial charge in [-0.05, 0) is 98.4 Å². The van der Waals surface area contributed by atoms with Gasteiger partial charge < -0.3 is 15.5 Å². The number of β-amino-alcohol motifs (C(OH)–C–C–N with tert-alkyl or cyclic N) is 1. The van der Waals surface area contributed by atoms with Gasteiger partial charge in [0.15, 0.2) is 0 Å². The van der Waals surface area contributed by atoms with E-state index >= 15 is 0 Å². The largest absolute Gasteiger partial charge is 0.481 e. The maximum absolute atomic E-state index is 13.6. The van der Waals surface area contributed by atoms with Crippen molar-refractivity contribution in [3.8, 4) is 11.1 Å². The number of hydrogen-bond acceptors (Lipinski definition) is 5. The van der Waals surface area contributed by atoms with Crippen LogP contribution < -0.4 is 5.32 Å². The van der Waals surface area contributed by atoms with Crippen molar-refractivity contribution < 1.29 is 23.4 Å². The number of aliphatic hydroxyl groups is 1. The molecule has 0 aromatic heterocycles. The minimum absolute atomic E-state index is 0.0166. The summed E-state index contributed by atoms with van der Waals surface area (Å²) < 4.78 is 28.3. The van der Waals surface area contributed by atoms with E-state index < -0.39 is 22.1 Å². The highest BCUT2D eigenvalue weighted by atomic mass is 32.2. The maximum atomic E-state index is 13.6. The van der Waals surface area contributed by atoms with Gasteiger partial charge in [-0.1, -0.05) is 61.5 Å². The van der Waals surface area contributed by atoms with Crippen LogP contribution in [0.15, 0.2) is 71.6 Å². The average molecular weight is 595 g/mol. The monoisotopic (exact) mass is 594 g/mol. The Bertz CT molecular complexity index is 1440. The molecule has 0 saturated heterocycles. The molecular formula is C34H46N2O5S. The molecule has 0 bridgehead atoms.